The van der Waals surface area contributed by atoms with E-state index in [1.807, 2.05) is 12.1 Å². The number of nitrogens with two attached hydrogens (primary N) is 1. The minimum Gasteiger partial charge on any atom is -0.467 e. The number of carbonyl (C=O) groups excluding carboxylic acids is 3. The Morgan fingerprint density at radius 2 is 1.47 bits per heavy atom. The van der Waals surface area contributed by atoms with Gasteiger partial charge in [0.05, 0.1) is 13.7 Å². The molecule has 8 heteroatoms. The molecule has 1 atom stereocenters. The molecular weight excluding hydrogens is 434 g/mol. The molecule has 176 valence electrons. The van der Waals surface area contributed by atoms with Crippen LogP contribution in [0.25, 0.3) is 0 Å². The number of alkyl carbamates (subject to hydrolysis) is 1. The molecule has 0 radical (unpaired) electrons. The first-order valence-electron chi connectivity index (χ1n) is 10.4. The predicted molar refractivity (Wildman–Crippen MR) is 129 cm³/mol. The van der Waals surface area contributed by atoms with Crippen molar-refractivity contribution in [3.8, 4) is 23.7 Å². The Bertz CT molecular complexity index is 1140. The molecular formula is C26H27N3O5. The number of benzene rings is 2. The van der Waals surface area contributed by atoms with Gasteiger partial charge in [0.25, 0.3) is 5.91 Å². The maximum absolute atomic E-state index is 12.6. The quantitative estimate of drug-likeness (QED) is 0.358. The van der Waals surface area contributed by atoms with Gasteiger partial charge in [0.2, 0.25) is 0 Å². The van der Waals surface area contributed by atoms with Gasteiger partial charge in [-0.25, -0.2) is 9.59 Å². The molecule has 4 N–H and O–H groups in total. The summed E-state index contributed by atoms with van der Waals surface area (Å²) < 4.78 is 9.84. The lowest BCUT2D eigenvalue weighted by Gasteiger charge is -2.21. The summed E-state index contributed by atoms with van der Waals surface area (Å²) in [5, 5.41) is 4.99. The monoisotopic (exact) mass is 461 g/mol. The summed E-state index contributed by atoms with van der Waals surface area (Å²) in [6.45, 7) is 4.95. The average molecular weight is 462 g/mol. The van der Waals surface area contributed by atoms with Gasteiger partial charge in [0.15, 0.2) is 0 Å². The zero-order chi connectivity index (χ0) is 25.1. The second-order valence-corrected chi connectivity index (χ2v) is 8.13. The number of nitrogen functional groups attached to an aromatic ring is 1. The van der Waals surface area contributed by atoms with Gasteiger partial charge in [0, 0.05) is 22.4 Å². The molecule has 0 heterocycles. The number of rotatable bonds is 5. The summed E-state index contributed by atoms with van der Waals surface area (Å²) in [6, 6.07) is 12.5. The molecule has 2 aromatic carbocycles. The summed E-state index contributed by atoms with van der Waals surface area (Å²) in [5.74, 6) is 10.1. The number of anilines is 1. The zero-order valence-corrected chi connectivity index (χ0v) is 19.5. The van der Waals surface area contributed by atoms with Crippen molar-refractivity contribution in [2.45, 2.75) is 32.4 Å². The third kappa shape index (κ3) is 8.97. The molecule has 0 saturated carbocycles. The number of carbonyl (C=O) groups is 3. The van der Waals surface area contributed by atoms with Gasteiger partial charge in [-0.2, -0.15) is 0 Å². The van der Waals surface area contributed by atoms with Gasteiger partial charge in [-0.05, 0) is 81.1 Å². The highest BCUT2D eigenvalue weighted by Gasteiger charge is 2.24. The van der Waals surface area contributed by atoms with E-state index in [2.05, 4.69) is 34.3 Å². The van der Waals surface area contributed by atoms with Crippen molar-refractivity contribution in [1.82, 2.24) is 10.6 Å². The summed E-state index contributed by atoms with van der Waals surface area (Å²) >= 11 is 0. The van der Waals surface area contributed by atoms with Crippen LogP contribution < -0.4 is 16.4 Å². The fourth-order valence-electron chi connectivity index (χ4n) is 2.55. The van der Waals surface area contributed by atoms with E-state index in [0.717, 1.165) is 5.56 Å². The zero-order valence-electron chi connectivity index (χ0n) is 19.5. The lowest BCUT2D eigenvalue weighted by atomic mass is 10.1. The fourth-order valence-corrected chi connectivity index (χ4v) is 2.55. The standard InChI is InChI=1S/C26H27N3O5/c1-26(2,3)34-25(32)28-17-22(24(31)33-4)29-23(30)20-13-9-18(10-14-20)7-5-6-8-19-11-15-21(27)16-12-19/h9-16,22H,17,27H2,1-4H3,(H,28,32)(H,29,30)/t22-/m1/s1. The molecule has 2 rings (SSSR count). The first kappa shape index (κ1) is 25.8. The highest BCUT2D eigenvalue weighted by atomic mass is 16.6. The lowest BCUT2D eigenvalue weighted by Crippen LogP contribution is -2.49. The number of hydrogen-bond donors (Lipinski definition) is 3. The third-order valence-corrected chi connectivity index (χ3v) is 4.17. The van der Waals surface area contributed by atoms with E-state index < -0.39 is 29.6 Å². The summed E-state index contributed by atoms with van der Waals surface area (Å²) in [4.78, 5) is 36.4. The number of hydrogen-bond acceptors (Lipinski definition) is 6. The molecule has 0 aliphatic carbocycles. The smallest absolute Gasteiger partial charge is 0.407 e. The predicted octanol–water partition coefficient (Wildman–Crippen LogP) is 2.47. The van der Waals surface area contributed by atoms with E-state index in [4.69, 9.17) is 15.2 Å². The minimum absolute atomic E-state index is 0.191. The minimum atomic E-state index is -1.09. The SMILES string of the molecule is COC(=O)[C@@H](CNC(=O)OC(C)(C)C)NC(=O)c1ccc(C#CC#Cc2ccc(N)cc2)cc1. The van der Waals surface area contributed by atoms with Crippen molar-refractivity contribution in [2.75, 3.05) is 19.4 Å². The van der Waals surface area contributed by atoms with Crippen molar-refractivity contribution >= 4 is 23.7 Å². The molecule has 0 fully saturated rings. The Labute approximate surface area is 199 Å². The maximum atomic E-state index is 12.6. The van der Waals surface area contributed by atoms with E-state index in [9.17, 15) is 14.4 Å². The fraction of sp³-hybridized carbons (Fsp3) is 0.269. The molecule has 0 unspecified atom stereocenters. The Morgan fingerprint density at radius 1 is 0.941 bits per heavy atom. The highest BCUT2D eigenvalue weighted by Crippen LogP contribution is 2.07. The Kier molecular flexibility index (Phi) is 9.10. The topological polar surface area (TPSA) is 120 Å². The van der Waals surface area contributed by atoms with Crippen LogP contribution in [0.15, 0.2) is 48.5 Å². The number of esters is 1. The van der Waals surface area contributed by atoms with Gasteiger partial charge >= 0.3 is 12.1 Å². The number of nitrogens with one attached hydrogen (secondary N) is 2. The van der Waals surface area contributed by atoms with Crippen LogP contribution in [0.2, 0.25) is 0 Å². The Hall–Kier alpha value is -4.43. The van der Waals surface area contributed by atoms with Crippen LogP contribution in [-0.4, -0.2) is 43.3 Å². The number of ether oxygens (including phenoxy) is 2. The van der Waals surface area contributed by atoms with E-state index >= 15 is 0 Å². The second kappa shape index (κ2) is 12.0. The van der Waals surface area contributed by atoms with Crippen LogP contribution in [0, 0.1) is 23.7 Å². The van der Waals surface area contributed by atoms with Crippen molar-refractivity contribution in [1.29, 1.82) is 0 Å². The highest BCUT2D eigenvalue weighted by molar-refractivity contribution is 5.97. The van der Waals surface area contributed by atoms with Gasteiger partial charge in [-0.15, -0.1) is 0 Å². The lowest BCUT2D eigenvalue weighted by molar-refractivity contribution is -0.142. The van der Waals surface area contributed by atoms with Crippen molar-refractivity contribution in [3.63, 3.8) is 0 Å². The molecule has 0 aliphatic heterocycles. The Morgan fingerprint density at radius 3 is 1.97 bits per heavy atom. The third-order valence-electron chi connectivity index (χ3n) is 4.17. The van der Waals surface area contributed by atoms with Crippen LogP contribution >= 0.6 is 0 Å². The van der Waals surface area contributed by atoms with E-state index in [0.29, 0.717) is 16.8 Å². The van der Waals surface area contributed by atoms with E-state index in [1.165, 1.54) is 7.11 Å². The Balaban J connectivity index is 1.98. The van der Waals surface area contributed by atoms with Crippen molar-refractivity contribution in [3.05, 3.63) is 65.2 Å². The molecule has 8 nitrogen and oxygen atoms in total. The molecule has 2 amide bonds. The molecule has 0 aliphatic rings. The van der Waals surface area contributed by atoms with E-state index in [-0.39, 0.29) is 6.54 Å². The first-order valence-corrected chi connectivity index (χ1v) is 10.4. The average Bonchev–Trinajstić information content (AvgIpc) is 2.79. The molecule has 0 saturated heterocycles. The van der Waals surface area contributed by atoms with Crippen LogP contribution in [0.4, 0.5) is 10.5 Å². The molecule has 34 heavy (non-hydrogen) atoms. The molecule has 0 bridgehead atoms. The second-order valence-electron chi connectivity index (χ2n) is 8.13. The van der Waals surface area contributed by atoms with Gasteiger partial charge in [-0.3, -0.25) is 4.79 Å². The van der Waals surface area contributed by atoms with Gasteiger partial charge in [0.1, 0.15) is 11.6 Å². The van der Waals surface area contributed by atoms with Crippen LogP contribution in [0.5, 0.6) is 0 Å². The van der Waals surface area contributed by atoms with Gasteiger partial charge in [-0.1, -0.05) is 11.8 Å². The summed E-state index contributed by atoms with van der Waals surface area (Å²) in [7, 11) is 1.19. The summed E-state index contributed by atoms with van der Waals surface area (Å²) in [5.41, 5.74) is 7.39. The maximum Gasteiger partial charge on any atom is 0.407 e. The van der Waals surface area contributed by atoms with Crippen LogP contribution in [0.1, 0.15) is 42.3 Å². The molecule has 2 aromatic rings. The van der Waals surface area contributed by atoms with Crippen LogP contribution in [-0.2, 0) is 14.3 Å². The van der Waals surface area contributed by atoms with Crippen molar-refractivity contribution in [2.24, 2.45) is 0 Å². The molecule has 0 spiro atoms. The normalized spacial score (nSPS) is 10.9. The van der Waals surface area contributed by atoms with Gasteiger partial charge < -0.3 is 25.8 Å². The van der Waals surface area contributed by atoms with Crippen LogP contribution in [0.3, 0.4) is 0 Å². The molecule has 0 aromatic heterocycles. The largest absolute Gasteiger partial charge is 0.467 e. The summed E-state index contributed by atoms with van der Waals surface area (Å²) in [6.07, 6.45) is -0.710. The first-order chi connectivity index (χ1) is 16.1. The number of methoxy groups -OCH3 is 1. The van der Waals surface area contributed by atoms with E-state index in [1.54, 1.807) is 57.2 Å². The number of amides is 2. The van der Waals surface area contributed by atoms with Crippen molar-refractivity contribution < 1.29 is 23.9 Å².